The summed E-state index contributed by atoms with van der Waals surface area (Å²) in [5.41, 5.74) is -0.164. The van der Waals surface area contributed by atoms with Crippen molar-refractivity contribution in [3.8, 4) is 0 Å². The molecule has 3 nitrogen and oxygen atoms in total. The van der Waals surface area contributed by atoms with E-state index in [1.54, 1.807) is 20.8 Å². The summed E-state index contributed by atoms with van der Waals surface area (Å²) in [4.78, 5) is 11.4. The van der Waals surface area contributed by atoms with E-state index in [9.17, 15) is 9.90 Å². The van der Waals surface area contributed by atoms with Crippen LogP contribution in [-0.4, -0.2) is 11.6 Å². The van der Waals surface area contributed by atoms with E-state index in [4.69, 9.17) is 4.74 Å². The zero-order valence-corrected chi connectivity index (χ0v) is 8.35. The van der Waals surface area contributed by atoms with E-state index in [2.05, 4.69) is 0 Å². The first-order valence-electron chi connectivity index (χ1n) is 4.52. The van der Waals surface area contributed by atoms with Crippen molar-refractivity contribution in [3.63, 3.8) is 0 Å². The fourth-order valence-electron chi connectivity index (χ4n) is 1.27. The van der Waals surface area contributed by atoms with Gasteiger partial charge in [0.25, 0.3) is 0 Å². The lowest BCUT2D eigenvalue weighted by atomic mass is 10.2. The number of carbonyl (C=O) groups is 1. The number of rotatable bonds is 1. The molecule has 0 saturated carbocycles. The largest absolute Gasteiger partial charge is 0.457 e. The molecule has 0 unspecified atom stereocenters. The number of ether oxygens (including phenoxy) is 1. The van der Waals surface area contributed by atoms with Crippen LogP contribution in [0.1, 0.15) is 40.0 Å². The average molecular weight is 183 g/mol. The van der Waals surface area contributed by atoms with Crippen LogP contribution in [0.5, 0.6) is 0 Å². The zero-order valence-electron chi connectivity index (χ0n) is 8.35. The quantitative estimate of drug-likeness (QED) is 0.585. The summed E-state index contributed by atoms with van der Waals surface area (Å²) in [5.74, 6) is -0.482. The van der Waals surface area contributed by atoms with Crippen molar-refractivity contribution in [2.45, 2.75) is 45.6 Å². The lowest BCUT2D eigenvalue weighted by Crippen LogP contribution is -2.24. The highest BCUT2D eigenvalue weighted by molar-refractivity contribution is 5.89. The second kappa shape index (κ2) is 3.40. The maximum absolute atomic E-state index is 11.4. The van der Waals surface area contributed by atoms with Gasteiger partial charge in [0.2, 0.25) is 0 Å². The van der Waals surface area contributed by atoms with Gasteiger partial charge in [-0.3, -0.25) is 5.11 Å². The smallest absolute Gasteiger partial charge is 0.338 e. The molecule has 0 atom stereocenters. The van der Waals surface area contributed by atoms with E-state index in [0.29, 0.717) is 18.4 Å². The first-order valence-corrected chi connectivity index (χ1v) is 4.52. The van der Waals surface area contributed by atoms with E-state index in [1.807, 2.05) is 0 Å². The van der Waals surface area contributed by atoms with Gasteiger partial charge in [0.15, 0.2) is 5.76 Å². The Balaban J connectivity index is 2.64. The van der Waals surface area contributed by atoms with Crippen molar-refractivity contribution in [1.82, 2.24) is 0 Å². The van der Waals surface area contributed by atoms with Gasteiger partial charge in [-0.25, -0.2) is 4.79 Å². The molecule has 13 heavy (non-hydrogen) atoms. The fraction of sp³-hybridized carbons (Fsp3) is 0.700. The summed E-state index contributed by atoms with van der Waals surface area (Å²) in [7, 11) is 0. The van der Waals surface area contributed by atoms with Crippen LogP contribution in [0, 0.1) is 0 Å². The number of hydrogen-bond acceptors (Lipinski definition) is 2. The number of esters is 1. The molecule has 0 spiro atoms. The molecule has 1 aliphatic rings. The Kier molecular flexibility index (Phi) is 2.64. The van der Waals surface area contributed by atoms with Crippen molar-refractivity contribution in [2.75, 3.05) is 0 Å². The SMILES string of the molecule is CC(C)(C)OC(=O)C1=C([O])CCC1. The Bertz CT molecular complexity index is 245. The summed E-state index contributed by atoms with van der Waals surface area (Å²) in [5, 5.41) is 11.2. The molecule has 0 saturated heterocycles. The molecule has 0 aromatic rings. The molecule has 0 bridgehead atoms. The average Bonchev–Trinajstić information content (AvgIpc) is 2.30. The third-order valence-corrected chi connectivity index (χ3v) is 1.81. The lowest BCUT2D eigenvalue weighted by molar-refractivity contribution is -0.150. The highest BCUT2D eigenvalue weighted by Crippen LogP contribution is 2.26. The molecule has 1 radical (unpaired) electrons. The highest BCUT2D eigenvalue weighted by Gasteiger charge is 2.26. The van der Waals surface area contributed by atoms with Crippen LogP contribution in [0.4, 0.5) is 0 Å². The van der Waals surface area contributed by atoms with Crippen LogP contribution < -0.4 is 0 Å². The molecular weight excluding hydrogens is 168 g/mol. The Morgan fingerprint density at radius 3 is 2.31 bits per heavy atom. The molecular formula is C10H15O3. The molecule has 1 rings (SSSR count). The first-order chi connectivity index (χ1) is 5.90. The molecule has 3 heteroatoms. The zero-order chi connectivity index (χ0) is 10.1. The van der Waals surface area contributed by atoms with Gasteiger partial charge in [-0.2, -0.15) is 0 Å². The van der Waals surface area contributed by atoms with Gasteiger partial charge in [0.05, 0.1) is 5.57 Å². The number of hydrogen-bond donors (Lipinski definition) is 0. The first kappa shape index (κ1) is 10.1. The van der Waals surface area contributed by atoms with Gasteiger partial charge < -0.3 is 4.74 Å². The Labute approximate surface area is 78.4 Å². The van der Waals surface area contributed by atoms with E-state index in [1.165, 1.54) is 0 Å². The molecule has 0 aromatic carbocycles. The maximum Gasteiger partial charge on any atom is 0.338 e. The van der Waals surface area contributed by atoms with E-state index >= 15 is 0 Å². The molecule has 73 valence electrons. The van der Waals surface area contributed by atoms with E-state index in [-0.39, 0.29) is 5.76 Å². The molecule has 0 aromatic heterocycles. The molecule has 0 aliphatic heterocycles. The standard InChI is InChI=1S/C10H15O3/c1-10(2,3)13-9(12)7-5-4-6-8(7)11/h4-6H2,1-3H3. The molecule has 1 aliphatic carbocycles. The molecule has 0 fully saturated rings. The van der Waals surface area contributed by atoms with Crippen molar-refractivity contribution < 1.29 is 14.6 Å². The predicted molar refractivity (Wildman–Crippen MR) is 47.4 cm³/mol. The number of allylic oxidation sites excluding steroid dienone is 1. The van der Waals surface area contributed by atoms with Gasteiger partial charge in [-0.15, -0.1) is 0 Å². The second-order valence-corrected chi connectivity index (χ2v) is 4.26. The van der Waals surface area contributed by atoms with Crippen LogP contribution in [-0.2, 0) is 14.6 Å². The number of carbonyl (C=O) groups excluding carboxylic acids is 1. The van der Waals surface area contributed by atoms with Crippen LogP contribution in [0.15, 0.2) is 11.3 Å². The van der Waals surface area contributed by atoms with Gasteiger partial charge >= 0.3 is 5.97 Å². The van der Waals surface area contributed by atoms with Crippen molar-refractivity contribution in [2.24, 2.45) is 0 Å². The van der Waals surface area contributed by atoms with Gasteiger partial charge in [0.1, 0.15) is 5.60 Å². The maximum atomic E-state index is 11.4. The normalized spacial score (nSPS) is 17.8. The van der Waals surface area contributed by atoms with E-state index in [0.717, 1.165) is 6.42 Å². The van der Waals surface area contributed by atoms with Crippen LogP contribution >= 0.6 is 0 Å². The monoisotopic (exact) mass is 183 g/mol. The lowest BCUT2D eigenvalue weighted by Gasteiger charge is -2.19. The second-order valence-electron chi connectivity index (χ2n) is 4.26. The van der Waals surface area contributed by atoms with Crippen LogP contribution in [0.25, 0.3) is 0 Å². The van der Waals surface area contributed by atoms with Crippen LogP contribution in [0.2, 0.25) is 0 Å². The summed E-state index contributed by atoms with van der Waals surface area (Å²) >= 11 is 0. The van der Waals surface area contributed by atoms with Crippen molar-refractivity contribution >= 4 is 5.97 Å². The molecule has 0 heterocycles. The van der Waals surface area contributed by atoms with Crippen LogP contribution in [0.3, 0.4) is 0 Å². The third-order valence-electron chi connectivity index (χ3n) is 1.81. The van der Waals surface area contributed by atoms with Gasteiger partial charge in [-0.1, -0.05) is 0 Å². The Morgan fingerprint density at radius 2 is 1.92 bits per heavy atom. The minimum Gasteiger partial charge on any atom is -0.457 e. The Morgan fingerprint density at radius 1 is 1.31 bits per heavy atom. The van der Waals surface area contributed by atoms with E-state index < -0.39 is 11.6 Å². The minimum absolute atomic E-state index is 0.0470. The third kappa shape index (κ3) is 2.76. The van der Waals surface area contributed by atoms with Gasteiger partial charge in [-0.05, 0) is 33.6 Å². The summed E-state index contributed by atoms with van der Waals surface area (Å²) < 4.78 is 5.10. The highest BCUT2D eigenvalue weighted by atomic mass is 16.6. The summed E-state index contributed by atoms with van der Waals surface area (Å²) in [6.07, 6.45) is 1.86. The fourth-order valence-corrected chi connectivity index (χ4v) is 1.27. The van der Waals surface area contributed by atoms with Crippen molar-refractivity contribution in [3.05, 3.63) is 11.3 Å². The molecule has 0 N–H and O–H groups in total. The summed E-state index contributed by atoms with van der Waals surface area (Å²) in [6.45, 7) is 5.39. The predicted octanol–water partition coefficient (Wildman–Crippen LogP) is 2.20. The Hall–Kier alpha value is -0.990. The van der Waals surface area contributed by atoms with Crippen molar-refractivity contribution in [1.29, 1.82) is 0 Å². The minimum atomic E-state index is -0.507. The summed E-state index contributed by atoms with van der Waals surface area (Å²) in [6, 6.07) is 0. The molecule has 0 amide bonds. The topological polar surface area (TPSA) is 46.2 Å². The van der Waals surface area contributed by atoms with Gasteiger partial charge in [0, 0.05) is 6.42 Å².